The van der Waals surface area contributed by atoms with Crippen molar-refractivity contribution in [3.8, 4) is 0 Å². The Morgan fingerprint density at radius 3 is 2.21 bits per heavy atom. The molecule has 0 atom stereocenters. The number of halogens is 5. The molecule has 3 rings (SSSR count). The summed E-state index contributed by atoms with van der Waals surface area (Å²) in [6.45, 7) is 0.875. The van der Waals surface area contributed by atoms with Gasteiger partial charge < -0.3 is 9.64 Å². The van der Waals surface area contributed by atoms with Crippen LogP contribution < -0.4 is 10.4 Å². The highest BCUT2D eigenvalue weighted by Crippen LogP contribution is 2.33. The molecule has 0 spiro atoms. The standard InChI is InChI=1S/C17H24F3N5O5S.2ClH/c18-17(19,20)2-1-13-11-22-14(12-21-13)24-5-7-25(8-6-24)31(28,29)16(15(26)23-27)3-9-30-10-4-16;;/h11-12,27H,1-10H2,(H,23,26);2*1H. The van der Waals surface area contributed by atoms with Crippen LogP contribution in [0.25, 0.3) is 0 Å². The summed E-state index contributed by atoms with van der Waals surface area (Å²) in [4.78, 5) is 22.2. The second kappa shape index (κ2) is 11.8. The normalized spacial score (nSPS) is 19.2. The molecule has 2 aliphatic rings. The SMILES string of the molecule is Cl.Cl.O=C(NO)C1(S(=O)(=O)N2CCN(c3cnc(CCC(F)(F)F)cn3)CC2)CCOCC1. The summed E-state index contributed by atoms with van der Waals surface area (Å²) in [7, 11) is -4.08. The van der Waals surface area contributed by atoms with E-state index in [1.54, 1.807) is 4.90 Å². The van der Waals surface area contributed by atoms with Gasteiger partial charge in [-0.25, -0.2) is 18.9 Å². The van der Waals surface area contributed by atoms with Gasteiger partial charge in [0.25, 0.3) is 5.91 Å². The van der Waals surface area contributed by atoms with Crippen LogP contribution in [0.3, 0.4) is 0 Å². The van der Waals surface area contributed by atoms with Crippen LogP contribution in [0.2, 0.25) is 0 Å². The fraction of sp³-hybridized carbons (Fsp3) is 0.706. The molecule has 1 amide bonds. The molecule has 0 aliphatic carbocycles. The Hall–Kier alpha value is -1.45. The molecule has 0 aromatic carbocycles. The van der Waals surface area contributed by atoms with Crippen molar-refractivity contribution < 1.29 is 36.3 Å². The van der Waals surface area contributed by atoms with Gasteiger partial charge in [0, 0.05) is 58.7 Å². The van der Waals surface area contributed by atoms with Crippen LogP contribution in [-0.4, -0.2) is 84.1 Å². The predicted molar refractivity (Wildman–Crippen MR) is 116 cm³/mol. The summed E-state index contributed by atoms with van der Waals surface area (Å²) in [6.07, 6.45) is -2.98. The van der Waals surface area contributed by atoms with E-state index in [-0.39, 0.29) is 89.2 Å². The topological polar surface area (TPSA) is 125 Å². The van der Waals surface area contributed by atoms with E-state index in [2.05, 4.69) is 9.97 Å². The van der Waals surface area contributed by atoms with Gasteiger partial charge in [0.15, 0.2) is 4.75 Å². The first-order valence-electron chi connectivity index (χ1n) is 9.74. The molecule has 190 valence electrons. The molecular formula is C17H26Cl2F3N5O5S. The number of sulfonamides is 1. The van der Waals surface area contributed by atoms with Gasteiger partial charge in [-0.15, -0.1) is 24.8 Å². The molecule has 2 aliphatic heterocycles. The van der Waals surface area contributed by atoms with Crippen LogP contribution in [-0.2, 0) is 26.0 Å². The van der Waals surface area contributed by atoms with E-state index in [4.69, 9.17) is 9.94 Å². The summed E-state index contributed by atoms with van der Waals surface area (Å²) >= 11 is 0. The number of carbonyl (C=O) groups is 1. The van der Waals surface area contributed by atoms with Crippen LogP contribution in [0.15, 0.2) is 12.4 Å². The number of amides is 1. The van der Waals surface area contributed by atoms with Gasteiger partial charge in [-0.05, 0) is 6.42 Å². The number of aryl methyl sites for hydroxylation is 1. The van der Waals surface area contributed by atoms with Gasteiger partial charge in [0.2, 0.25) is 10.0 Å². The van der Waals surface area contributed by atoms with Gasteiger partial charge in [-0.3, -0.25) is 15.0 Å². The maximum Gasteiger partial charge on any atom is 0.389 e. The Bertz CT molecular complexity index is 878. The molecule has 0 saturated carbocycles. The second-order valence-electron chi connectivity index (χ2n) is 7.42. The van der Waals surface area contributed by atoms with Gasteiger partial charge in [0.05, 0.1) is 18.1 Å². The molecule has 2 fully saturated rings. The Morgan fingerprint density at radius 1 is 1.12 bits per heavy atom. The molecular weight excluding hydrogens is 514 g/mol. The van der Waals surface area contributed by atoms with E-state index >= 15 is 0 Å². The van der Waals surface area contributed by atoms with Crippen LogP contribution >= 0.6 is 24.8 Å². The first kappa shape index (κ1) is 29.6. The van der Waals surface area contributed by atoms with Crippen LogP contribution in [0, 0.1) is 0 Å². The van der Waals surface area contributed by atoms with Gasteiger partial charge >= 0.3 is 6.18 Å². The minimum atomic E-state index is -4.27. The number of ether oxygens (including phenoxy) is 1. The Balaban J connectivity index is 0.00000272. The Kier molecular flexibility index (Phi) is 10.6. The van der Waals surface area contributed by atoms with Crippen molar-refractivity contribution >= 4 is 46.6 Å². The average molecular weight is 540 g/mol. The largest absolute Gasteiger partial charge is 0.389 e. The zero-order chi connectivity index (χ0) is 22.7. The molecule has 1 aromatic heterocycles. The molecule has 1 aromatic rings. The van der Waals surface area contributed by atoms with Gasteiger partial charge in [0.1, 0.15) is 5.82 Å². The number of rotatable bonds is 6. The van der Waals surface area contributed by atoms with Crippen LogP contribution in [0.1, 0.15) is 25.0 Å². The number of hydroxylamine groups is 1. The Morgan fingerprint density at radius 2 is 1.73 bits per heavy atom. The minimum absolute atomic E-state index is 0. The number of anilines is 1. The summed E-state index contributed by atoms with van der Waals surface area (Å²) in [5.41, 5.74) is 1.70. The lowest BCUT2D eigenvalue weighted by atomic mass is 9.98. The predicted octanol–water partition coefficient (Wildman–Crippen LogP) is 1.32. The third kappa shape index (κ3) is 6.57. The fourth-order valence-corrected chi connectivity index (χ4v) is 5.82. The average Bonchev–Trinajstić information content (AvgIpc) is 2.77. The molecule has 0 unspecified atom stereocenters. The maximum absolute atomic E-state index is 13.3. The van der Waals surface area contributed by atoms with E-state index in [1.165, 1.54) is 22.2 Å². The third-order valence-electron chi connectivity index (χ3n) is 5.57. The lowest BCUT2D eigenvalue weighted by molar-refractivity contribution is -0.135. The molecule has 16 heteroatoms. The highest BCUT2D eigenvalue weighted by atomic mass is 35.5. The first-order chi connectivity index (χ1) is 14.6. The lowest BCUT2D eigenvalue weighted by Crippen LogP contribution is -2.62. The van der Waals surface area contributed by atoms with E-state index < -0.39 is 33.3 Å². The fourth-order valence-electron chi connectivity index (χ4n) is 3.72. The van der Waals surface area contributed by atoms with Crippen molar-refractivity contribution in [1.29, 1.82) is 0 Å². The van der Waals surface area contributed by atoms with Crippen molar-refractivity contribution in [1.82, 2.24) is 19.8 Å². The Labute approximate surface area is 201 Å². The second-order valence-corrected chi connectivity index (χ2v) is 9.67. The van der Waals surface area contributed by atoms with Crippen LogP contribution in [0.5, 0.6) is 0 Å². The maximum atomic E-state index is 13.3. The molecule has 33 heavy (non-hydrogen) atoms. The van der Waals surface area contributed by atoms with E-state index in [0.717, 1.165) is 0 Å². The summed E-state index contributed by atoms with van der Waals surface area (Å²) in [6, 6.07) is 0. The van der Waals surface area contributed by atoms with Gasteiger partial charge in [-0.2, -0.15) is 17.5 Å². The summed E-state index contributed by atoms with van der Waals surface area (Å²) in [5, 5.41) is 9.10. The zero-order valence-electron chi connectivity index (χ0n) is 17.5. The molecule has 10 nitrogen and oxygen atoms in total. The van der Waals surface area contributed by atoms with Crippen molar-refractivity contribution in [2.75, 3.05) is 44.3 Å². The van der Waals surface area contributed by atoms with E-state index in [9.17, 15) is 26.4 Å². The number of nitrogens with zero attached hydrogens (tertiary/aromatic N) is 4. The number of hydrogen-bond acceptors (Lipinski definition) is 8. The smallest absolute Gasteiger partial charge is 0.381 e. The zero-order valence-corrected chi connectivity index (χ0v) is 19.9. The number of piperazine rings is 1. The summed E-state index contributed by atoms with van der Waals surface area (Å²) in [5.74, 6) is -0.541. The molecule has 0 bridgehead atoms. The molecule has 3 heterocycles. The van der Waals surface area contributed by atoms with Crippen molar-refractivity contribution in [3.63, 3.8) is 0 Å². The molecule has 2 N–H and O–H groups in total. The third-order valence-corrected chi connectivity index (χ3v) is 8.19. The first-order valence-corrected chi connectivity index (χ1v) is 11.2. The van der Waals surface area contributed by atoms with E-state index in [0.29, 0.717) is 5.82 Å². The number of carbonyl (C=O) groups excluding carboxylic acids is 1. The van der Waals surface area contributed by atoms with Crippen molar-refractivity contribution in [2.45, 2.75) is 36.6 Å². The van der Waals surface area contributed by atoms with E-state index in [1.807, 2.05) is 0 Å². The minimum Gasteiger partial charge on any atom is -0.381 e. The number of hydrogen-bond donors (Lipinski definition) is 2. The molecule has 2 saturated heterocycles. The quantitative estimate of drug-likeness (QED) is 0.409. The van der Waals surface area contributed by atoms with Crippen molar-refractivity contribution in [3.05, 3.63) is 18.1 Å². The number of nitrogens with one attached hydrogen (secondary N) is 1. The molecule has 0 radical (unpaired) electrons. The van der Waals surface area contributed by atoms with Crippen molar-refractivity contribution in [2.24, 2.45) is 0 Å². The highest BCUT2D eigenvalue weighted by Gasteiger charge is 2.54. The van der Waals surface area contributed by atoms with Gasteiger partial charge in [-0.1, -0.05) is 0 Å². The monoisotopic (exact) mass is 539 g/mol. The number of aromatic nitrogens is 2. The lowest BCUT2D eigenvalue weighted by Gasteiger charge is -2.41. The summed E-state index contributed by atoms with van der Waals surface area (Å²) < 4.78 is 68.1. The van der Waals surface area contributed by atoms with Crippen LogP contribution in [0.4, 0.5) is 19.0 Å². The number of alkyl halides is 3. The highest BCUT2D eigenvalue weighted by molar-refractivity contribution is 7.91.